The molecule has 5 rings (SSSR count). The molecular formula is C28H31FN4O4S. The minimum atomic E-state index is -0.634. The summed E-state index contributed by atoms with van der Waals surface area (Å²) in [5.41, 5.74) is 8.03. The Hall–Kier alpha value is -3.24. The molecule has 38 heavy (non-hydrogen) atoms. The molecule has 2 heterocycles. The van der Waals surface area contributed by atoms with Crippen molar-refractivity contribution in [1.29, 1.82) is 0 Å². The van der Waals surface area contributed by atoms with Gasteiger partial charge in [-0.05, 0) is 61.8 Å². The number of nitrogens with one attached hydrogen (secondary N) is 2. The van der Waals surface area contributed by atoms with Crippen LogP contribution in [0.3, 0.4) is 0 Å². The number of benzene rings is 1. The largest absolute Gasteiger partial charge is 0.451 e. The molecule has 1 fully saturated rings. The van der Waals surface area contributed by atoms with Crippen LogP contribution in [-0.2, 0) is 23.4 Å². The zero-order valence-electron chi connectivity index (χ0n) is 21.1. The van der Waals surface area contributed by atoms with E-state index < -0.39 is 17.8 Å². The van der Waals surface area contributed by atoms with Crippen LogP contribution in [-0.4, -0.2) is 34.2 Å². The molecule has 1 atom stereocenters. The first-order chi connectivity index (χ1) is 18.4. The molecule has 1 aromatic carbocycles. The molecule has 0 radical (unpaired) electrons. The maximum atomic E-state index is 14.9. The number of furan rings is 1. The van der Waals surface area contributed by atoms with Crippen molar-refractivity contribution in [3.05, 3.63) is 69.1 Å². The highest BCUT2D eigenvalue weighted by Crippen LogP contribution is 2.29. The van der Waals surface area contributed by atoms with Crippen molar-refractivity contribution >= 4 is 23.5 Å². The number of carbonyl (C=O) groups excluding carboxylic acids is 2. The topological polar surface area (TPSA) is 131 Å². The molecule has 0 unspecified atom stereocenters. The second kappa shape index (κ2) is 11.7. The van der Waals surface area contributed by atoms with Crippen LogP contribution in [0.4, 0.5) is 4.39 Å². The smallest absolute Gasteiger partial charge is 0.287 e. The van der Waals surface area contributed by atoms with Crippen molar-refractivity contribution in [1.82, 2.24) is 15.3 Å². The van der Waals surface area contributed by atoms with Crippen LogP contribution in [0.25, 0.3) is 11.3 Å². The molecule has 0 spiro atoms. The average Bonchev–Trinajstić information content (AvgIpc) is 3.62. The van der Waals surface area contributed by atoms with E-state index in [1.165, 1.54) is 23.9 Å². The van der Waals surface area contributed by atoms with Gasteiger partial charge in [-0.2, -0.15) is 0 Å². The van der Waals surface area contributed by atoms with Crippen LogP contribution in [0, 0.1) is 11.7 Å². The molecule has 4 N–H and O–H groups in total. The molecule has 0 saturated heterocycles. The Balaban J connectivity index is 1.25. The van der Waals surface area contributed by atoms with E-state index in [9.17, 15) is 18.8 Å². The summed E-state index contributed by atoms with van der Waals surface area (Å²) in [5.74, 6) is -0.328. The van der Waals surface area contributed by atoms with Gasteiger partial charge in [0.15, 0.2) is 16.7 Å². The molecule has 8 nitrogen and oxygen atoms in total. The van der Waals surface area contributed by atoms with E-state index >= 15 is 0 Å². The number of amides is 1. The summed E-state index contributed by atoms with van der Waals surface area (Å²) in [5, 5.41) is 3.31. The number of nitrogens with zero attached hydrogens (tertiary/aromatic N) is 1. The van der Waals surface area contributed by atoms with Gasteiger partial charge in [-0.1, -0.05) is 43.2 Å². The van der Waals surface area contributed by atoms with E-state index in [1.807, 2.05) is 0 Å². The molecule has 3 aromatic rings. The fourth-order valence-electron chi connectivity index (χ4n) is 5.33. The van der Waals surface area contributed by atoms with Gasteiger partial charge in [-0.3, -0.25) is 14.4 Å². The highest BCUT2D eigenvalue weighted by Gasteiger charge is 2.31. The fourth-order valence-corrected chi connectivity index (χ4v) is 6.20. The molecule has 2 aliphatic rings. The SMILES string of the molecule is NCC(=O)[C@H](NC(=O)c1ccc(-c2ccc(CSc3nc4c(c(=O)[nH]3)CCC4)c(F)c2)o1)C1CCCCC1. The van der Waals surface area contributed by atoms with Crippen molar-refractivity contribution < 1.29 is 18.4 Å². The first-order valence-corrected chi connectivity index (χ1v) is 14.1. The second-order valence-electron chi connectivity index (χ2n) is 9.93. The Bertz CT molecular complexity index is 1400. The van der Waals surface area contributed by atoms with E-state index in [-0.39, 0.29) is 29.6 Å². The van der Waals surface area contributed by atoms with Gasteiger partial charge in [0, 0.05) is 16.9 Å². The average molecular weight is 539 g/mol. The number of thioether (sulfide) groups is 1. The maximum absolute atomic E-state index is 14.9. The molecule has 10 heteroatoms. The molecule has 1 saturated carbocycles. The van der Waals surface area contributed by atoms with Crippen LogP contribution in [0.2, 0.25) is 0 Å². The van der Waals surface area contributed by atoms with Gasteiger partial charge in [-0.15, -0.1) is 0 Å². The number of Topliss-reactive ketones (excluding diaryl/α,β-unsaturated/α-hetero) is 1. The molecule has 0 aliphatic heterocycles. The fraction of sp³-hybridized carbons (Fsp3) is 0.429. The molecule has 200 valence electrons. The zero-order valence-corrected chi connectivity index (χ0v) is 21.9. The minimum Gasteiger partial charge on any atom is -0.451 e. The van der Waals surface area contributed by atoms with Crippen molar-refractivity contribution in [2.45, 2.75) is 68.3 Å². The van der Waals surface area contributed by atoms with Crippen LogP contribution in [0.5, 0.6) is 0 Å². The third-order valence-electron chi connectivity index (χ3n) is 7.41. The van der Waals surface area contributed by atoms with Gasteiger partial charge in [0.25, 0.3) is 11.5 Å². The molecule has 1 amide bonds. The van der Waals surface area contributed by atoms with Crippen LogP contribution < -0.4 is 16.6 Å². The number of nitrogens with two attached hydrogens (primary N) is 1. The van der Waals surface area contributed by atoms with Crippen LogP contribution >= 0.6 is 11.8 Å². The second-order valence-corrected chi connectivity index (χ2v) is 10.9. The van der Waals surface area contributed by atoms with Crippen molar-refractivity contribution in [3.63, 3.8) is 0 Å². The summed E-state index contributed by atoms with van der Waals surface area (Å²) >= 11 is 1.28. The zero-order chi connectivity index (χ0) is 26.6. The van der Waals surface area contributed by atoms with Crippen molar-refractivity contribution in [2.75, 3.05) is 6.54 Å². The van der Waals surface area contributed by atoms with Gasteiger partial charge in [0.05, 0.1) is 18.3 Å². The first-order valence-electron chi connectivity index (χ1n) is 13.1. The third kappa shape index (κ3) is 5.76. The lowest BCUT2D eigenvalue weighted by molar-refractivity contribution is -0.121. The summed E-state index contributed by atoms with van der Waals surface area (Å²) in [6.07, 6.45) is 7.42. The van der Waals surface area contributed by atoms with E-state index in [4.69, 9.17) is 10.2 Å². The number of aryl methyl sites for hydroxylation is 1. The van der Waals surface area contributed by atoms with Crippen LogP contribution in [0.1, 0.15) is 65.9 Å². The van der Waals surface area contributed by atoms with E-state index in [2.05, 4.69) is 15.3 Å². The number of fused-ring (bicyclic) bond motifs is 1. The number of ketones is 1. The number of carbonyl (C=O) groups is 2. The molecular weight excluding hydrogens is 507 g/mol. The lowest BCUT2D eigenvalue weighted by Crippen LogP contribution is -2.48. The summed E-state index contributed by atoms with van der Waals surface area (Å²) in [7, 11) is 0. The number of halogens is 1. The lowest BCUT2D eigenvalue weighted by Gasteiger charge is -2.29. The summed E-state index contributed by atoms with van der Waals surface area (Å²) in [6.45, 7) is -0.132. The number of aromatic amines is 1. The highest BCUT2D eigenvalue weighted by atomic mass is 32.2. The van der Waals surface area contributed by atoms with Gasteiger partial charge in [0.2, 0.25) is 0 Å². The highest BCUT2D eigenvalue weighted by molar-refractivity contribution is 7.98. The van der Waals surface area contributed by atoms with E-state index in [0.29, 0.717) is 27.8 Å². The number of hydrogen-bond donors (Lipinski definition) is 3. The van der Waals surface area contributed by atoms with Gasteiger partial charge >= 0.3 is 0 Å². The van der Waals surface area contributed by atoms with E-state index in [0.717, 1.165) is 62.6 Å². The summed E-state index contributed by atoms with van der Waals surface area (Å²) in [4.78, 5) is 44.8. The number of aromatic nitrogens is 2. The third-order valence-corrected chi connectivity index (χ3v) is 8.33. The summed E-state index contributed by atoms with van der Waals surface area (Å²) in [6, 6.07) is 7.24. The van der Waals surface area contributed by atoms with Crippen LogP contribution in [0.15, 0.2) is 44.7 Å². The standard InChI is InChI=1S/C28H31FN4O4S/c29-20-13-17(9-10-18(20)15-38-28-31-21-8-4-7-19(21)26(35)33-28)23-11-12-24(37-23)27(36)32-25(22(34)14-30)16-5-2-1-3-6-16/h9-13,16,25H,1-8,14-15,30H2,(H,32,36)(H,31,33,35)/t25-/m1/s1. The van der Waals surface area contributed by atoms with Crippen molar-refractivity contribution in [3.8, 4) is 11.3 Å². The minimum absolute atomic E-state index is 0.0531. The summed E-state index contributed by atoms with van der Waals surface area (Å²) < 4.78 is 20.7. The van der Waals surface area contributed by atoms with Gasteiger partial charge < -0.3 is 20.5 Å². The Morgan fingerprint density at radius 2 is 1.97 bits per heavy atom. The Morgan fingerprint density at radius 3 is 2.74 bits per heavy atom. The maximum Gasteiger partial charge on any atom is 0.287 e. The van der Waals surface area contributed by atoms with Gasteiger partial charge in [-0.25, -0.2) is 9.37 Å². The van der Waals surface area contributed by atoms with E-state index in [1.54, 1.807) is 18.2 Å². The molecule has 0 bridgehead atoms. The monoisotopic (exact) mass is 538 g/mol. The predicted molar refractivity (Wildman–Crippen MR) is 142 cm³/mol. The number of H-pyrrole nitrogens is 1. The lowest BCUT2D eigenvalue weighted by atomic mass is 9.82. The quantitative estimate of drug-likeness (QED) is 0.275. The van der Waals surface area contributed by atoms with Gasteiger partial charge in [0.1, 0.15) is 11.6 Å². The Morgan fingerprint density at radius 1 is 1.16 bits per heavy atom. The molecule has 2 aliphatic carbocycles. The molecule has 2 aromatic heterocycles. The first kappa shape index (κ1) is 26.4. The number of rotatable bonds is 9. The number of hydrogen-bond acceptors (Lipinski definition) is 7. The predicted octanol–water partition coefficient (Wildman–Crippen LogP) is 4.16. The normalized spacial score (nSPS) is 16.3. The van der Waals surface area contributed by atoms with Crippen molar-refractivity contribution in [2.24, 2.45) is 11.7 Å². The Labute approximate surface area is 224 Å². The Kier molecular flexibility index (Phi) is 8.09.